The van der Waals surface area contributed by atoms with Gasteiger partial charge in [0.15, 0.2) is 0 Å². The zero-order valence-electron chi connectivity index (χ0n) is 10.4. The van der Waals surface area contributed by atoms with Crippen molar-refractivity contribution >= 4 is 0 Å². The molecule has 1 aromatic carbocycles. The van der Waals surface area contributed by atoms with E-state index in [1.54, 1.807) is 0 Å². The zero-order valence-corrected chi connectivity index (χ0v) is 10.4. The number of nitrogens with zero attached hydrogens (tertiary/aromatic N) is 1. The summed E-state index contributed by atoms with van der Waals surface area (Å²) in [6.45, 7) is 4.98. The van der Waals surface area contributed by atoms with Crippen LogP contribution in [-0.4, -0.2) is 37.1 Å². The standard InChI is InChI=1S/C15H22N2/c1-2-6-13(7-3-1)14-10-17(11-14)12-15-8-4-5-9-16-15/h1-3,6-7,14-16H,4-5,8-12H2. The van der Waals surface area contributed by atoms with Crippen LogP contribution in [-0.2, 0) is 0 Å². The maximum Gasteiger partial charge on any atom is 0.0195 e. The van der Waals surface area contributed by atoms with Gasteiger partial charge in [0.25, 0.3) is 0 Å². The van der Waals surface area contributed by atoms with E-state index in [1.165, 1.54) is 51.0 Å². The van der Waals surface area contributed by atoms with E-state index in [2.05, 4.69) is 40.5 Å². The lowest BCUT2D eigenvalue weighted by atomic mass is 9.90. The second-order valence-electron chi connectivity index (χ2n) is 5.47. The molecule has 0 bridgehead atoms. The molecule has 0 saturated carbocycles. The highest BCUT2D eigenvalue weighted by Gasteiger charge is 2.29. The molecule has 2 fully saturated rings. The molecule has 0 spiro atoms. The molecule has 2 saturated heterocycles. The van der Waals surface area contributed by atoms with Crippen LogP contribution >= 0.6 is 0 Å². The molecule has 92 valence electrons. The van der Waals surface area contributed by atoms with Gasteiger partial charge in [-0.3, -0.25) is 0 Å². The Balaban J connectivity index is 1.45. The third-order valence-electron chi connectivity index (χ3n) is 4.12. The quantitative estimate of drug-likeness (QED) is 0.856. The van der Waals surface area contributed by atoms with Crippen molar-refractivity contribution < 1.29 is 0 Å². The van der Waals surface area contributed by atoms with Gasteiger partial charge in [-0.15, -0.1) is 0 Å². The third-order valence-corrected chi connectivity index (χ3v) is 4.12. The molecule has 2 heterocycles. The summed E-state index contributed by atoms with van der Waals surface area (Å²) in [5.74, 6) is 0.778. The maximum absolute atomic E-state index is 3.63. The Kier molecular flexibility index (Phi) is 3.44. The molecule has 1 atom stereocenters. The Hall–Kier alpha value is -0.860. The highest BCUT2D eigenvalue weighted by atomic mass is 15.2. The number of benzene rings is 1. The Morgan fingerprint density at radius 2 is 1.94 bits per heavy atom. The van der Waals surface area contributed by atoms with Crippen LogP contribution < -0.4 is 5.32 Å². The molecule has 0 aromatic heterocycles. The van der Waals surface area contributed by atoms with Gasteiger partial charge in [0.2, 0.25) is 0 Å². The minimum Gasteiger partial charge on any atom is -0.313 e. The first kappa shape index (κ1) is 11.2. The fourth-order valence-corrected chi connectivity index (χ4v) is 3.05. The second kappa shape index (κ2) is 5.19. The Morgan fingerprint density at radius 1 is 1.12 bits per heavy atom. The van der Waals surface area contributed by atoms with Gasteiger partial charge in [-0.25, -0.2) is 0 Å². The monoisotopic (exact) mass is 230 g/mol. The summed E-state index contributed by atoms with van der Waals surface area (Å²) < 4.78 is 0. The van der Waals surface area contributed by atoms with Crippen LogP contribution in [0.3, 0.4) is 0 Å². The number of hydrogen-bond donors (Lipinski definition) is 1. The Labute approximate surface area is 104 Å². The first-order chi connectivity index (χ1) is 8.42. The van der Waals surface area contributed by atoms with Crippen molar-refractivity contribution in [1.82, 2.24) is 10.2 Å². The van der Waals surface area contributed by atoms with E-state index in [-0.39, 0.29) is 0 Å². The van der Waals surface area contributed by atoms with Crippen molar-refractivity contribution in [2.75, 3.05) is 26.2 Å². The van der Waals surface area contributed by atoms with Crippen molar-refractivity contribution in [2.45, 2.75) is 31.2 Å². The summed E-state index contributed by atoms with van der Waals surface area (Å²) in [7, 11) is 0. The molecule has 2 aliphatic rings. The zero-order chi connectivity index (χ0) is 11.5. The summed E-state index contributed by atoms with van der Waals surface area (Å²) in [6, 6.07) is 11.7. The highest BCUT2D eigenvalue weighted by molar-refractivity contribution is 5.22. The Morgan fingerprint density at radius 3 is 2.65 bits per heavy atom. The molecule has 2 nitrogen and oxygen atoms in total. The van der Waals surface area contributed by atoms with Gasteiger partial charge in [0, 0.05) is 31.6 Å². The van der Waals surface area contributed by atoms with Crippen molar-refractivity contribution in [2.24, 2.45) is 0 Å². The fraction of sp³-hybridized carbons (Fsp3) is 0.600. The molecule has 0 amide bonds. The van der Waals surface area contributed by atoms with Gasteiger partial charge in [-0.2, -0.15) is 0 Å². The number of nitrogens with one attached hydrogen (secondary N) is 1. The molecule has 1 unspecified atom stereocenters. The lowest BCUT2D eigenvalue weighted by Crippen LogP contribution is -2.52. The van der Waals surface area contributed by atoms with E-state index in [0.29, 0.717) is 0 Å². The normalized spacial score (nSPS) is 26.7. The maximum atomic E-state index is 3.63. The Bertz CT molecular complexity index is 337. The summed E-state index contributed by atoms with van der Waals surface area (Å²) >= 11 is 0. The predicted octanol–water partition coefficient (Wildman–Crippen LogP) is 2.23. The molecule has 2 heteroatoms. The lowest BCUT2D eigenvalue weighted by Gasteiger charge is -2.42. The molecular weight excluding hydrogens is 208 g/mol. The van der Waals surface area contributed by atoms with Gasteiger partial charge in [-0.05, 0) is 24.9 Å². The SMILES string of the molecule is c1ccc(C2CN(CC3CCCCN3)C2)cc1. The molecule has 17 heavy (non-hydrogen) atoms. The van der Waals surface area contributed by atoms with Gasteiger partial charge in [-0.1, -0.05) is 36.8 Å². The summed E-state index contributed by atoms with van der Waals surface area (Å²) in [5, 5.41) is 3.63. The van der Waals surface area contributed by atoms with Crippen LogP contribution in [0.1, 0.15) is 30.7 Å². The van der Waals surface area contributed by atoms with Crippen molar-refractivity contribution in [3.63, 3.8) is 0 Å². The number of rotatable bonds is 3. The fourth-order valence-electron chi connectivity index (χ4n) is 3.05. The minimum absolute atomic E-state index is 0.750. The topological polar surface area (TPSA) is 15.3 Å². The van der Waals surface area contributed by atoms with Crippen molar-refractivity contribution in [3.8, 4) is 0 Å². The van der Waals surface area contributed by atoms with E-state index >= 15 is 0 Å². The largest absolute Gasteiger partial charge is 0.313 e. The second-order valence-corrected chi connectivity index (χ2v) is 5.47. The molecular formula is C15H22N2. The summed E-state index contributed by atoms with van der Waals surface area (Å²) in [6.07, 6.45) is 4.14. The summed E-state index contributed by atoms with van der Waals surface area (Å²) in [5.41, 5.74) is 1.51. The molecule has 1 N–H and O–H groups in total. The minimum atomic E-state index is 0.750. The molecule has 0 aliphatic carbocycles. The first-order valence-electron chi connectivity index (χ1n) is 6.92. The van der Waals surface area contributed by atoms with E-state index in [4.69, 9.17) is 0 Å². The third kappa shape index (κ3) is 2.70. The van der Waals surface area contributed by atoms with E-state index in [0.717, 1.165) is 12.0 Å². The van der Waals surface area contributed by atoms with Gasteiger partial charge in [0.1, 0.15) is 0 Å². The number of piperidine rings is 1. The van der Waals surface area contributed by atoms with Gasteiger partial charge in [0.05, 0.1) is 0 Å². The first-order valence-corrected chi connectivity index (χ1v) is 6.92. The average Bonchev–Trinajstić information content (AvgIpc) is 2.36. The molecule has 3 rings (SSSR count). The predicted molar refractivity (Wildman–Crippen MR) is 71.3 cm³/mol. The van der Waals surface area contributed by atoms with Crippen molar-refractivity contribution in [1.29, 1.82) is 0 Å². The van der Waals surface area contributed by atoms with E-state index in [1.807, 2.05) is 0 Å². The smallest absolute Gasteiger partial charge is 0.0195 e. The molecule has 0 radical (unpaired) electrons. The highest BCUT2D eigenvalue weighted by Crippen LogP contribution is 2.27. The van der Waals surface area contributed by atoms with Gasteiger partial charge >= 0.3 is 0 Å². The van der Waals surface area contributed by atoms with Gasteiger partial charge < -0.3 is 10.2 Å². The lowest BCUT2D eigenvalue weighted by molar-refractivity contribution is 0.125. The number of likely N-dealkylation sites (tertiary alicyclic amines) is 1. The summed E-state index contributed by atoms with van der Waals surface area (Å²) in [4.78, 5) is 2.60. The van der Waals surface area contributed by atoms with Crippen molar-refractivity contribution in [3.05, 3.63) is 35.9 Å². The van der Waals surface area contributed by atoms with Crippen LogP contribution in [0.5, 0.6) is 0 Å². The van der Waals surface area contributed by atoms with E-state index < -0.39 is 0 Å². The van der Waals surface area contributed by atoms with E-state index in [9.17, 15) is 0 Å². The van der Waals surface area contributed by atoms with Crippen LogP contribution in [0.4, 0.5) is 0 Å². The average molecular weight is 230 g/mol. The number of hydrogen-bond acceptors (Lipinski definition) is 2. The van der Waals surface area contributed by atoms with Crippen LogP contribution in [0.15, 0.2) is 30.3 Å². The van der Waals surface area contributed by atoms with Crippen LogP contribution in [0.2, 0.25) is 0 Å². The van der Waals surface area contributed by atoms with Crippen LogP contribution in [0.25, 0.3) is 0 Å². The molecule has 1 aromatic rings. The van der Waals surface area contributed by atoms with Crippen LogP contribution in [0, 0.1) is 0 Å². The molecule has 2 aliphatic heterocycles.